The Hall–Kier alpha value is -2.39. The van der Waals surface area contributed by atoms with Crippen molar-refractivity contribution in [1.29, 1.82) is 0 Å². The van der Waals surface area contributed by atoms with E-state index in [0.29, 0.717) is 23.4 Å². The molecule has 0 spiro atoms. The first-order valence-electron chi connectivity index (χ1n) is 8.20. The predicted molar refractivity (Wildman–Crippen MR) is 104 cm³/mol. The van der Waals surface area contributed by atoms with Gasteiger partial charge in [-0.3, -0.25) is 9.10 Å². The molecule has 2 aromatic carbocycles. The molecule has 1 N–H and O–H groups in total. The van der Waals surface area contributed by atoms with Gasteiger partial charge in [-0.15, -0.1) is 0 Å². The summed E-state index contributed by atoms with van der Waals surface area (Å²) in [5.41, 5.74) is 2.11. The summed E-state index contributed by atoms with van der Waals surface area (Å²) in [6, 6.07) is 10.7. The van der Waals surface area contributed by atoms with Crippen molar-refractivity contribution in [2.75, 3.05) is 22.1 Å². The van der Waals surface area contributed by atoms with Crippen molar-refractivity contribution in [2.24, 2.45) is 0 Å². The van der Waals surface area contributed by atoms with Crippen LogP contribution < -0.4 is 9.62 Å². The number of fused-ring (bicyclic) bond motifs is 1. The van der Waals surface area contributed by atoms with Crippen LogP contribution in [0, 0.1) is 0 Å². The van der Waals surface area contributed by atoms with Gasteiger partial charge < -0.3 is 5.32 Å². The van der Waals surface area contributed by atoms with Gasteiger partial charge in [0.1, 0.15) is 0 Å². The third-order valence-electron chi connectivity index (χ3n) is 4.37. The highest BCUT2D eigenvalue weighted by molar-refractivity contribution is 7.92. The van der Waals surface area contributed by atoms with Gasteiger partial charge in [0, 0.05) is 23.5 Å². The summed E-state index contributed by atoms with van der Waals surface area (Å²) in [5, 5.41) is 2.68. The highest BCUT2D eigenvalue weighted by atomic mass is 32.2. The molecule has 1 atom stereocenters. The Bertz CT molecular complexity index is 1120. The zero-order valence-electron chi connectivity index (χ0n) is 15.1. The molecule has 0 saturated carbocycles. The Kier molecular flexibility index (Phi) is 4.77. The first-order valence-corrected chi connectivity index (χ1v) is 11.9. The molecule has 27 heavy (non-hydrogen) atoms. The molecular formula is C18H20N2O5S2. The maximum atomic E-state index is 12.5. The molecule has 2 aromatic rings. The zero-order chi connectivity index (χ0) is 20.0. The number of benzene rings is 2. The number of carbonyl (C=O) groups excluding carboxylic acids is 1. The fraction of sp³-hybridized carbons (Fsp3) is 0.278. The monoisotopic (exact) mass is 408 g/mol. The number of rotatable bonds is 4. The topological polar surface area (TPSA) is 101 Å². The van der Waals surface area contributed by atoms with Crippen LogP contribution in [-0.2, 0) is 26.3 Å². The summed E-state index contributed by atoms with van der Waals surface area (Å²) in [5.74, 6) is -0.395. The van der Waals surface area contributed by atoms with Gasteiger partial charge in [0.2, 0.25) is 10.0 Å². The molecule has 0 radical (unpaired) electrons. The number of hydrogen-bond donors (Lipinski definition) is 1. The van der Waals surface area contributed by atoms with E-state index in [2.05, 4.69) is 5.32 Å². The first kappa shape index (κ1) is 19.4. The first-order chi connectivity index (χ1) is 12.5. The molecule has 0 saturated heterocycles. The molecule has 144 valence electrons. The third kappa shape index (κ3) is 3.98. The lowest BCUT2D eigenvalue weighted by Gasteiger charge is -2.21. The molecule has 1 aliphatic heterocycles. The summed E-state index contributed by atoms with van der Waals surface area (Å²) in [6.45, 7) is 1.82. The van der Waals surface area contributed by atoms with Gasteiger partial charge in [0.05, 0.1) is 16.8 Å². The molecule has 0 unspecified atom stereocenters. The largest absolute Gasteiger partial charge is 0.322 e. The molecule has 1 amide bonds. The summed E-state index contributed by atoms with van der Waals surface area (Å²) in [4.78, 5) is 12.7. The van der Waals surface area contributed by atoms with Crippen LogP contribution in [0.3, 0.4) is 0 Å². The number of sulfone groups is 1. The number of nitrogens with one attached hydrogen (secondary N) is 1. The standard InChI is InChI=1S/C18H20N2O5S2/c1-12-9-14-10-13(7-8-17(14)20(12)27(3,24)25)18(21)19-15-5-4-6-16(11-15)26(2,22)23/h4-8,10-12H,9H2,1-3H3,(H,19,21)/t12-/m1/s1. The van der Waals surface area contributed by atoms with Crippen LogP contribution in [0.25, 0.3) is 0 Å². The Morgan fingerprint density at radius 3 is 2.41 bits per heavy atom. The van der Waals surface area contributed by atoms with E-state index in [1.807, 2.05) is 6.92 Å². The van der Waals surface area contributed by atoms with E-state index in [1.54, 1.807) is 30.3 Å². The van der Waals surface area contributed by atoms with E-state index in [4.69, 9.17) is 0 Å². The number of hydrogen-bond acceptors (Lipinski definition) is 5. The van der Waals surface area contributed by atoms with Gasteiger partial charge in [-0.05, 0) is 55.3 Å². The van der Waals surface area contributed by atoms with E-state index >= 15 is 0 Å². The maximum Gasteiger partial charge on any atom is 0.255 e. The maximum absolute atomic E-state index is 12.5. The minimum Gasteiger partial charge on any atom is -0.322 e. The van der Waals surface area contributed by atoms with Crippen molar-refractivity contribution in [3.63, 3.8) is 0 Å². The Morgan fingerprint density at radius 2 is 1.78 bits per heavy atom. The minimum absolute atomic E-state index is 0.117. The van der Waals surface area contributed by atoms with Crippen LogP contribution in [0.4, 0.5) is 11.4 Å². The highest BCUT2D eigenvalue weighted by Crippen LogP contribution is 2.34. The fourth-order valence-corrected chi connectivity index (χ4v) is 5.19. The second kappa shape index (κ2) is 6.65. The van der Waals surface area contributed by atoms with Crippen LogP contribution in [0.1, 0.15) is 22.8 Å². The second-order valence-corrected chi connectivity index (χ2v) is 10.6. The van der Waals surface area contributed by atoms with Gasteiger partial charge in [-0.2, -0.15) is 0 Å². The number of anilines is 2. The van der Waals surface area contributed by atoms with Crippen LogP contribution >= 0.6 is 0 Å². The summed E-state index contributed by atoms with van der Waals surface area (Å²) in [6.07, 6.45) is 2.78. The normalized spacial score (nSPS) is 16.9. The lowest BCUT2D eigenvalue weighted by Crippen LogP contribution is -2.34. The number of sulfonamides is 1. The number of carbonyl (C=O) groups is 1. The van der Waals surface area contributed by atoms with Crippen LogP contribution in [0.15, 0.2) is 47.4 Å². The smallest absolute Gasteiger partial charge is 0.255 e. The van der Waals surface area contributed by atoms with Gasteiger partial charge in [-0.25, -0.2) is 16.8 Å². The van der Waals surface area contributed by atoms with Gasteiger partial charge in [-0.1, -0.05) is 6.07 Å². The van der Waals surface area contributed by atoms with Crippen molar-refractivity contribution in [3.8, 4) is 0 Å². The van der Waals surface area contributed by atoms with Crippen molar-refractivity contribution in [2.45, 2.75) is 24.3 Å². The van der Waals surface area contributed by atoms with E-state index in [0.717, 1.165) is 18.1 Å². The Balaban J connectivity index is 1.87. The van der Waals surface area contributed by atoms with Crippen molar-refractivity contribution in [1.82, 2.24) is 0 Å². The summed E-state index contributed by atoms with van der Waals surface area (Å²) >= 11 is 0. The summed E-state index contributed by atoms with van der Waals surface area (Å²) in [7, 11) is -6.76. The highest BCUT2D eigenvalue weighted by Gasteiger charge is 2.32. The third-order valence-corrected chi connectivity index (χ3v) is 6.75. The minimum atomic E-state index is -3.39. The van der Waals surface area contributed by atoms with Gasteiger partial charge >= 0.3 is 0 Å². The van der Waals surface area contributed by atoms with Crippen LogP contribution in [0.5, 0.6) is 0 Å². The van der Waals surface area contributed by atoms with E-state index in [-0.39, 0.29) is 10.9 Å². The average Bonchev–Trinajstić information content (AvgIpc) is 2.89. The van der Waals surface area contributed by atoms with E-state index in [1.165, 1.54) is 16.4 Å². The molecule has 1 heterocycles. The average molecular weight is 409 g/mol. The molecule has 0 bridgehead atoms. The SMILES string of the molecule is C[C@@H]1Cc2cc(C(=O)Nc3cccc(S(C)(=O)=O)c3)ccc2N1S(C)(=O)=O. The van der Waals surface area contributed by atoms with Crippen molar-refractivity contribution < 1.29 is 21.6 Å². The molecular weight excluding hydrogens is 388 g/mol. The molecule has 0 aromatic heterocycles. The van der Waals surface area contributed by atoms with Gasteiger partial charge in [0.15, 0.2) is 9.84 Å². The van der Waals surface area contributed by atoms with Crippen molar-refractivity contribution in [3.05, 3.63) is 53.6 Å². The fourth-order valence-electron chi connectivity index (χ4n) is 3.26. The quantitative estimate of drug-likeness (QED) is 0.834. The van der Waals surface area contributed by atoms with Crippen LogP contribution in [-0.4, -0.2) is 41.3 Å². The summed E-state index contributed by atoms with van der Waals surface area (Å²) < 4.78 is 48.6. The van der Waals surface area contributed by atoms with E-state index < -0.39 is 25.8 Å². The molecule has 3 rings (SSSR count). The van der Waals surface area contributed by atoms with Gasteiger partial charge in [0.25, 0.3) is 5.91 Å². The molecule has 0 fully saturated rings. The Morgan fingerprint density at radius 1 is 1.07 bits per heavy atom. The molecule has 7 nitrogen and oxygen atoms in total. The Labute approximate surface area is 159 Å². The van der Waals surface area contributed by atoms with Crippen molar-refractivity contribution >= 4 is 37.1 Å². The van der Waals surface area contributed by atoms with Crippen LogP contribution in [0.2, 0.25) is 0 Å². The lowest BCUT2D eigenvalue weighted by molar-refractivity contribution is 0.102. The number of amides is 1. The molecule has 0 aliphatic carbocycles. The zero-order valence-corrected chi connectivity index (χ0v) is 16.8. The number of nitrogens with zero attached hydrogens (tertiary/aromatic N) is 1. The van der Waals surface area contributed by atoms with E-state index in [9.17, 15) is 21.6 Å². The second-order valence-electron chi connectivity index (χ2n) is 6.71. The predicted octanol–water partition coefficient (Wildman–Crippen LogP) is 2.05. The molecule has 1 aliphatic rings. The molecule has 9 heteroatoms. The lowest BCUT2D eigenvalue weighted by atomic mass is 10.1.